The molecule has 0 aromatic heterocycles. The van der Waals surface area contributed by atoms with E-state index in [0.29, 0.717) is 6.42 Å². The fourth-order valence-corrected chi connectivity index (χ4v) is 1.56. The standard InChI is InChI=1S/C14H26N2O6/c1-7-9(15-13(20)22-14(3,4)5)11(18)16-10(8(2)17)12(19)21-6/h8-10,17H,7H2,1-6H3,(H,15,20)(H,16,18)/t8?,9-,10?/m0/s1. The first kappa shape index (κ1) is 20.2. The summed E-state index contributed by atoms with van der Waals surface area (Å²) in [5, 5.41) is 14.3. The zero-order valence-electron chi connectivity index (χ0n) is 13.9. The molecule has 0 saturated heterocycles. The van der Waals surface area contributed by atoms with Crippen LogP contribution < -0.4 is 10.6 Å². The molecule has 0 aliphatic carbocycles. The fourth-order valence-electron chi connectivity index (χ4n) is 1.56. The van der Waals surface area contributed by atoms with Gasteiger partial charge in [-0.05, 0) is 34.1 Å². The molecule has 0 bridgehead atoms. The number of amides is 2. The lowest BCUT2D eigenvalue weighted by molar-refractivity contribution is -0.148. The minimum Gasteiger partial charge on any atom is -0.467 e. The van der Waals surface area contributed by atoms with Crippen LogP contribution in [0, 0.1) is 0 Å². The Labute approximate surface area is 130 Å². The third kappa shape index (κ3) is 7.26. The second-order valence-electron chi connectivity index (χ2n) is 5.86. The van der Waals surface area contributed by atoms with Gasteiger partial charge in [-0.15, -0.1) is 0 Å². The summed E-state index contributed by atoms with van der Waals surface area (Å²) in [6.07, 6.45) is -1.57. The van der Waals surface area contributed by atoms with Crippen LogP contribution in [0.25, 0.3) is 0 Å². The molecule has 8 heteroatoms. The van der Waals surface area contributed by atoms with E-state index in [4.69, 9.17) is 4.74 Å². The summed E-state index contributed by atoms with van der Waals surface area (Å²) in [5.41, 5.74) is -0.687. The first-order chi connectivity index (χ1) is 10.0. The van der Waals surface area contributed by atoms with Crippen LogP contribution in [0.2, 0.25) is 0 Å². The molecule has 0 spiro atoms. The Kier molecular flexibility index (Phi) is 7.86. The van der Waals surface area contributed by atoms with Crippen molar-refractivity contribution in [1.82, 2.24) is 10.6 Å². The summed E-state index contributed by atoms with van der Waals surface area (Å²) < 4.78 is 9.58. The molecule has 0 aromatic carbocycles. The van der Waals surface area contributed by atoms with Gasteiger partial charge in [0.1, 0.15) is 11.6 Å². The van der Waals surface area contributed by atoms with Crippen molar-refractivity contribution in [3.8, 4) is 0 Å². The van der Waals surface area contributed by atoms with Crippen molar-refractivity contribution in [3.63, 3.8) is 0 Å². The quantitative estimate of drug-likeness (QED) is 0.608. The molecule has 0 radical (unpaired) electrons. The predicted molar refractivity (Wildman–Crippen MR) is 79.1 cm³/mol. The van der Waals surface area contributed by atoms with Gasteiger partial charge < -0.3 is 25.2 Å². The van der Waals surface area contributed by atoms with Gasteiger partial charge in [-0.1, -0.05) is 6.92 Å². The molecule has 8 nitrogen and oxygen atoms in total. The van der Waals surface area contributed by atoms with Crippen molar-refractivity contribution < 1.29 is 29.0 Å². The van der Waals surface area contributed by atoms with Crippen molar-refractivity contribution in [2.75, 3.05) is 7.11 Å². The number of nitrogens with one attached hydrogen (secondary N) is 2. The minimum atomic E-state index is -1.20. The normalized spacial score (nSPS) is 15.2. The maximum atomic E-state index is 12.1. The minimum absolute atomic E-state index is 0.290. The van der Waals surface area contributed by atoms with Crippen LogP contribution in [0.1, 0.15) is 41.0 Å². The molecule has 2 amide bonds. The lowest BCUT2D eigenvalue weighted by atomic mass is 10.1. The Morgan fingerprint density at radius 1 is 1.18 bits per heavy atom. The van der Waals surface area contributed by atoms with E-state index in [1.165, 1.54) is 6.92 Å². The van der Waals surface area contributed by atoms with Gasteiger partial charge in [-0.3, -0.25) is 4.79 Å². The molecular weight excluding hydrogens is 292 g/mol. The number of carbonyl (C=O) groups excluding carboxylic acids is 3. The van der Waals surface area contributed by atoms with Gasteiger partial charge in [0.25, 0.3) is 0 Å². The number of aliphatic hydroxyl groups is 1. The molecule has 22 heavy (non-hydrogen) atoms. The first-order valence-corrected chi connectivity index (χ1v) is 7.07. The molecule has 0 fully saturated rings. The summed E-state index contributed by atoms with van der Waals surface area (Å²) in [6, 6.07) is -2.09. The van der Waals surface area contributed by atoms with E-state index in [1.807, 2.05) is 0 Å². The van der Waals surface area contributed by atoms with Gasteiger partial charge in [0, 0.05) is 0 Å². The average molecular weight is 318 g/mol. The third-order valence-corrected chi connectivity index (χ3v) is 2.65. The van der Waals surface area contributed by atoms with E-state index in [0.717, 1.165) is 7.11 Å². The van der Waals surface area contributed by atoms with E-state index in [1.54, 1.807) is 27.7 Å². The molecule has 2 unspecified atom stereocenters. The molecule has 0 heterocycles. The zero-order chi connectivity index (χ0) is 17.5. The average Bonchev–Trinajstić information content (AvgIpc) is 2.38. The maximum absolute atomic E-state index is 12.1. The van der Waals surface area contributed by atoms with Crippen LogP contribution in [-0.4, -0.2) is 54.0 Å². The number of aliphatic hydroxyl groups excluding tert-OH is 1. The molecule has 0 saturated carbocycles. The smallest absolute Gasteiger partial charge is 0.408 e. The van der Waals surface area contributed by atoms with E-state index >= 15 is 0 Å². The Balaban J connectivity index is 4.77. The molecule has 128 valence electrons. The number of esters is 1. The predicted octanol–water partition coefficient (Wildman–Crippen LogP) is 0.328. The van der Waals surface area contributed by atoms with Gasteiger partial charge in [-0.25, -0.2) is 9.59 Å². The highest BCUT2D eigenvalue weighted by atomic mass is 16.6. The summed E-state index contributed by atoms with van der Waals surface area (Å²) in [4.78, 5) is 35.3. The van der Waals surface area contributed by atoms with Gasteiger partial charge in [0.15, 0.2) is 6.04 Å². The van der Waals surface area contributed by atoms with Crippen LogP contribution in [0.5, 0.6) is 0 Å². The van der Waals surface area contributed by atoms with E-state index in [2.05, 4.69) is 15.4 Å². The number of methoxy groups -OCH3 is 1. The fraction of sp³-hybridized carbons (Fsp3) is 0.786. The van der Waals surface area contributed by atoms with Crippen molar-refractivity contribution in [2.24, 2.45) is 0 Å². The van der Waals surface area contributed by atoms with Crippen molar-refractivity contribution in [1.29, 1.82) is 0 Å². The van der Waals surface area contributed by atoms with Crippen molar-refractivity contribution >= 4 is 18.0 Å². The van der Waals surface area contributed by atoms with Gasteiger partial charge in [0.05, 0.1) is 13.2 Å². The zero-order valence-corrected chi connectivity index (χ0v) is 13.9. The van der Waals surface area contributed by atoms with Crippen LogP contribution in [0.15, 0.2) is 0 Å². The van der Waals surface area contributed by atoms with Gasteiger partial charge >= 0.3 is 12.1 Å². The summed E-state index contributed by atoms with van der Waals surface area (Å²) in [6.45, 7) is 8.15. The highest BCUT2D eigenvalue weighted by molar-refractivity contribution is 5.89. The van der Waals surface area contributed by atoms with Crippen molar-refractivity contribution in [3.05, 3.63) is 0 Å². The van der Waals surface area contributed by atoms with E-state index in [9.17, 15) is 19.5 Å². The summed E-state index contributed by atoms with van der Waals surface area (Å²) in [7, 11) is 1.15. The van der Waals surface area contributed by atoms with Gasteiger partial charge in [0.2, 0.25) is 5.91 Å². The number of ether oxygens (including phenoxy) is 2. The van der Waals surface area contributed by atoms with Crippen LogP contribution >= 0.6 is 0 Å². The monoisotopic (exact) mass is 318 g/mol. The van der Waals surface area contributed by atoms with Crippen LogP contribution in [-0.2, 0) is 19.1 Å². The third-order valence-electron chi connectivity index (χ3n) is 2.65. The Hall–Kier alpha value is -1.83. The number of carbonyl (C=O) groups is 3. The molecular formula is C14H26N2O6. The molecule has 0 aliphatic heterocycles. The topological polar surface area (TPSA) is 114 Å². The number of hydrogen-bond donors (Lipinski definition) is 3. The Morgan fingerprint density at radius 2 is 1.73 bits per heavy atom. The van der Waals surface area contributed by atoms with Gasteiger partial charge in [-0.2, -0.15) is 0 Å². The Bertz CT molecular complexity index is 403. The molecule has 3 atom stereocenters. The van der Waals surface area contributed by atoms with Crippen LogP contribution in [0.4, 0.5) is 4.79 Å². The SMILES string of the molecule is CC[C@H](NC(=O)OC(C)(C)C)C(=O)NC(C(=O)OC)C(C)O. The van der Waals surface area contributed by atoms with Crippen molar-refractivity contribution in [2.45, 2.75) is 64.8 Å². The van der Waals surface area contributed by atoms with Crippen LogP contribution in [0.3, 0.4) is 0 Å². The van der Waals surface area contributed by atoms with E-state index < -0.39 is 41.8 Å². The molecule has 0 aliphatic rings. The molecule has 0 aromatic rings. The first-order valence-electron chi connectivity index (χ1n) is 7.07. The lowest BCUT2D eigenvalue weighted by Gasteiger charge is -2.25. The second kappa shape index (κ2) is 8.57. The second-order valence-corrected chi connectivity index (χ2v) is 5.86. The summed E-state index contributed by atoms with van der Waals surface area (Å²) in [5.74, 6) is -1.37. The maximum Gasteiger partial charge on any atom is 0.408 e. The highest BCUT2D eigenvalue weighted by Gasteiger charge is 2.30. The number of rotatable bonds is 6. The lowest BCUT2D eigenvalue weighted by Crippen LogP contribution is -2.55. The van der Waals surface area contributed by atoms with E-state index in [-0.39, 0.29) is 0 Å². The molecule has 0 rings (SSSR count). The molecule has 3 N–H and O–H groups in total. The number of hydrogen-bond acceptors (Lipinski definition) is 6. The Morgan fingerprint density at radius 3 is 2.09 bits per heavy atom. The largest absolute Gasteiger partial charge is 0.467 e. The number of alkyl carbamates (subject to hydrolysis) is 1. The summed E-state index contributed by atoms with van der Waals surface area (Å²) >= 11 is 0. The highest BCUT2D eigenvalue weighted by Crippen LogP contribution is 2.07.